The number of furan rings is 1. The molecule has 0 radical (unpaired) electrons. The van der Waals surface area contributed by atoms with Crippen LogP contribution in [-0.4, -0.2) is 4.57 Å². The van der Waals surface area contributed by atoms with Gasteiger partial charge in [-0.2, -0.15) is 0 Å². The van der Waals surface area contributed by atoms with Crippen LogP contribution in [-0.2, 0) is 0 Å². The lowest BCUT2D eigenvalue weighted by Crippen LogP contribution is -2.11. The van der Waals surface area contributed by atoms with E-state index in [2.05, 4.69) is 173 Å². The molecule has 0 aliphatic carbocycles. The van der Waals surface area contributed by atoms with Crippen LogP contribution >= 0.6 is 11.3 Å². The van der Waals surface area contributed by atoms with Crippen molar-refractivity contribution in [2.45, 2.75) is 0 Å². The summed E-state index contributed by atoms with van der Waals surface area (Å²) in [5.41, 5.74) is 8.59. The summed E-state index contributed by atoms with van der Waals surface area (Å²) in [7, 11) is 0. The number of hydrogen-bond acceptors (Lipinski definition) is 3. The predicted molar refractivity (Wildman–Crippen MR) is 213 cm³/mol. The zero-order valence-electron chi connectivity index (χ0n) is 26.9. The van der Waals surface area contributed by atoms with Gasteiger partial charge in [0.05, 0.1) is 32.5 Å². The molecule has 11 aromatic rings. The quantitative estimate of drug-likeness (QED) is 0.188. The van der Waals surface area contributed by atoms with Crippen LogP contribution in [0.1, 0.15) is 0 Å². The lowest BCUT2D eigenvalue weighted by Gasteiger charge is -2.28. The highest BCUT2D eigenvalue weighted by Crippen LogP contribution is 2.49. The summed E-state index contributed by atoms with van der Waals surface area (Å²) in [5.74, 6) is 0. The molecule has 0 saturated carbocycles. The van der Waals surface area contributed by atoms with Crippen molar-refractivity contribution in [2.24, 2.45) is 0 Å². The average molecular weight is 657 g/mol. The smallest absolute Gasteiger partial charge is 0.137 e. The fourth-order valence-corrected chi connectivity index (χ4v) is 9.14. The Morgan fingerprint density at radius 3 is 1.94 bits per heavy atom. The summed E-state index contributed by atoms with van der Waals surface area (Å²) in [6.07, 6.45) is 0. The molecule has 4 heteroatoms. The first-order valence-electron chi connectivity index (χ1n) is 16.9. The lowest BCUT2D eigenvalue weighted by atomic mass is 10.0. The van der Waals surface area contributed by atoms with Crippen molar-refractivity contribution in [3.63, 3.8) is 0 Å². The molecule has 0 bridgehead atoms. The molecule has 0 aliphatic heterocycles. The molecule has 3 nitrogen and oxygen atoms in total. The van der Waals surface area contributed by atoms with Gasteiger partial charge in [-0.15, -0.1) is 11.3 Å². The van der Waals surface area contributed by atoms with Gasteiger partial charge in [-0.25, -0.2) is 0 Å². The van der Waals surface area contributed by atoms with E-state index in [9.17, 15) is 0 Å². The summed E-state index contributed by atoms with van der Waals surface area (Å²) >= 11 is 1.86. The third kappa shape index (κ3) is 3.97. The fourth-order valence-electron chi connectivity index (χ4n) is 7.96. The van der Waals surface area contributed by atoms with Crippen molar-refractivity contribution in [3.05, 3.63) is 170 Å². The van der Waals surface area contributed by atoms with Crippen LogP contribution in [0.3, 0.4) is 0 Å². The van der Waals surface area contributed by atoms with Crippen molar-refractivity contribution in [1.82, 2.24) is 4.57 Å². The Kier molecular flexibility index (Phi) is 5.83. The van der Waals surface area contributed by atoms with Crippen molar-refractivity contribution in [1.29, 1.82) is 0 Å². The minimum Gasteiger partial charge on any atom is -0.456 e. The maximum absolute atomic E-state index is 6.47. The maximum Gasteiger partial charge on any atom is 0.137 e. The molecule has 11 rings (SSSR count). The monoisotopic (exact) mass is 656 g/mol. The number of benzene rings is 8. The second-order valence-electron chi connectivity index (χ2n) is 12.9. The molecule has 0 N–H and O–H groups in total. The van der Waals surface area contributed by atoms with E-state index in [1.807, 2.05) is 17.4 Å². The number of nitrogens with zero attached hydrogens (tertiary/aromatic N) is 2. The molecule has 0 saturated heterocycles. The molecule has 0 spiro atoms. The van der Waals surface area contributed by atoms with Gasteiger partial charge in [-0.05, 0) is 71.4 Å². The molecule has 3 heterocycles. The summed E-state index contributed by atoms with van der Waals surface area (Å²) in [6, 6.07) is 61.4. The van der Waals surface area contributed by atoms with E-state index in [0.29, 0.717) is 0 Å². The number of aromatic nitrogens is 1. The molecule has 234 valence electrons. The summed E-state index contributed by atoms with van der Waals surface area (Å²) in [4.78, 5) is 2.46. The lowest BCUT2D eigenvalue weighted by molar-refractivity contribution is 0.669. The number of fused-ring (bicyclic) bond motifs is 10. The minimum absolute atomic E-state index is 0.876. The van der Waals surface area contributed by atoms with Gasteiger partial charge in [0.2, 0.25) is 0 Å². The van der Waals surface area contributed by atoms with E-state index in [0.717, 1.165) is 44.7 Å². The molecule has 50 heavy (non-hydrogen) atoms. The Morgan fingerprint density at radius 1 is 0.460 bits per heavy atom. The van der Waals surface area contributed by atoms with E-state index in [1.165, 1.54) is 52.8 Å². The fraction of sp³-hybridized carbons (Fsp3) is 0. The molecule has 0 fully saturated rings. The first-order chi connectivity index (χ1) is 24.8. The van der Waals surface area contributed by atoms with Gasteiger partial charge in [0, 0.05) is 43.0 Å². The van der Waals surface area contributed by atoms with Gasteiger partial charge < -0.3 is 13.9 Å². The van der Waals surface area contributed by atoms with Gasteiger partial charge in [0.25, 0.3) is 0 Å². The van der Waals surface area contributed by atoms with E-state index in [1.54, 1.807) is 0 Å². The molecular weight excluding hydrogens is 629 g/mol. The van der Waals surface area contributed by atoms with Crippen molar-refractivity contribution in [3.8, 4) is 5.69 Å². The van der Waals surface area contributed by atoms with Crippen LogP contribution in [0.5, 0.6) is 0 Å². The first-order valence-corrected chi connectivity index (χ1v) is 17.7. The highest BCUT2D eigenvalue weighted by molar-refractivity contribution is 7.26. The highest BCUT2D eigenvalue weighted by Gasteiger charge is 2.24. The van der Waals surface area contributed by atoms with Gasteiger partial charge in [0.1, 0.15) is 11.2 Å². The summed E-state index contributed by atoms with van der Waals surface area (Å²) in [5, 5.41) is 9.64. The van der Waals surface area contributed by atoms with Gasteiger partial charge in [-0.1, -0.05) is 109 Å². The second kappa shape index (κ2) is 10.6. The number of para-hydroxylation sites is 3. The summed E-state index contributed by atoms with van der Waals surface area (Å²) in [6.45, 7) is 0. The van der Waals surface area contributed by atoms with Crippen LogP contribution < -0.4 is 4.90 Å². The molecular formula is C46H28N2OS. The van der Waals surface area contributed by atoms with Crippen molar-refractivity contribution < 1.29 is 4.42 Å². The zero-order valence-corrected chi connectivity index (χ0v) is 27.7. The Bertz CT molecular complexity index is 3070. The standard InChI is InChI=1S/C46H28N2OS/c1-2-13-30-26-31(25-24-29(30)12-1)47(40-20-11-22-43-45(40)36-17-5-9-21-42(36)49-43)41-28-32(27-37-35-16-6-10-23-44(35)50-46(37)41)48-38-18-7-3-14-33(38)34-15-4-8-19-39(34)48/h1-28H. The van der Waals surface area contributed by atoms with E-state index in [4.69, 9.17) is 4.42 Å². The largest absolute Gasteiger partial charge is 0.456 e. The number of rotatable bonds is 4. The van der Waals surface area contributed by atoms with Crippen LogP contribution in [0.15, 0.2) is 174 Å². The van der Waals surface area contributed by atoms with Gasteiger partial charge in [0.15, 0.2) is 0 Å². The number of thiophene rings is 1. The Hall–Kier alpha value is -6.36. The Morgan fingerprint density at radius 2 is 1.12 bits per heavy atom. The van der Waals surface area contributed by atoms with Crippen LogP contribution in [0.25, 0.3) is 80.4 Å². The Balaban J connectivity index is 1.31. The summed E-state index contributed by atoms with van der Waals surface area (Å²) < 4.78 is 11.4. The highest BCUT2D eigenvalue weighted by atomic mass is 32.1. The van der Waals surface area contributed by atoms with Gasteiger partial charge >= 0.3 is 0 Å². The Labute approximate surface area is 291 Å². The minimum atomic E-state index is 0.876. The van der Waals surface area contributed by atoms with Crippen LogP contribution in [0.4, 0.5) is 17.1 Å². The van der Waals surface area contributed by atoms with Crippen molar-refractivity contribution in [2.75, 3.05) is 4.90 Å². The molecule has 0 atom stereocenters. The van der Waals surface area contributed by atoms with Crippen LogP contribution in [0, 0.1) is 0 Å². The van der Waals surface area contributed by atoms with Crippen molar-refractivity contribution >= 4 is 103 Å². The second-order valence-corrected chi connectivity index (χ2v) is 14.0. The number of hydrogen-bond donors (Lipinski definition) is 0. The maximum atomic E-state index is 6.47. The third-order valence-corrected chi connectivity index (χ3v) is 11.3. The average Bonchev–Trinajstić information content (AvgIpc) is 3.85. The predicted octanol–water partition coefficient (Wildman–Crippen LogP) is 13.7. The molecule has 0 aliphatic rings. The van der Waals surface area contributed by atoms with Gasteiger partial charge in [-0.3, -0.25) is 0 Å². The zero-order chi connectivity index (χ0) is 32.8. The molecule has 3 aromatic heterocycles. The first kappa shape index (κ1) is 27.6. The van der Waals surface area contributed by atoms with E-state index >= 15 is 0 Å². The SMILES string of the molecule is c1ccc2cc(N(c3cc(-n4c5ccccc5c5ccccc54)cc4c3sc3ccccc34)c3cccc4oc5ccccc5c34)ccc2c1. The third-order valence-electron chi connectivity index (χ3n) is 10.1. The van der Waals surface area contributed by atoms with E-state index in [-0.39, 0.29) is 0 Å². The molecule has 0 amide bonds. The van der Waals surface area contributed by atoms with E-state index < -0.39 is 0 Å². The normalized spacial score (nSPS) is 12.0. The number of anilines is 3. The van der Waals surface area contributed by atoms with Crippen LogP contribution in [0.2, 0.25) is 0 Å². The molecule has 8 aromatic carbocycles. The molecule has 0 unspecified atom stereocenters. The topological polar surface area (TPSA) is 21.3 Å².